The van der Waals surface area contributed by atoms with Crippen LogP contribution in [0.4, 0.5) is 5.69 Å². The van der Waals surface area contributed by atoms with Gasteiger partial charge < -0.3 is 4.90 Å². The number of hydrogen-bond acceptors (Lipinski definition) is 2. The summed E-state index contributed by atoms with van der Waals surface area (Å²) in [6.45, 7) is 0. The molecule has 84 valence electrons. The quantitative estimate of drug-likeness (QED) is 0.586. The van der Waals surface area contributed by atoms with E-state index in [0.717, 1.165) is 5.52 Å². The number of hydrogen-bond donors (Lipinski definition) is 0. The molecular formula is C15H14N2. The molecule has 0 aliphatic heterocycles. The molecule has 1 aromatic heterocycles. The van der Waals surface area contributed by atoms with Crippen molar-refractivity contribution in [2.24, 2.45) is 0 Å². The molecule has 0 bridgehead atoms. The van der Waals surface area contributed by atoms with Gasteiger partial charge in [0, 0.05) is 36.8 Å². The van der Waals surface area contributed by atoms with Crippen molar-refractivity contribution < 1.29 is 0 Å². The van der Waals surface area contributed by atoms with Crippen molar-refractivity contribution in [1.82, 2.24) is 4.98 Å². The van der Waals surface area contributed by atoms with Crippen LogP contribution in [0.15, 0.2) is 48.7 Å². The molecule has 0 fully saturated rings. The lowest BCUT2D eigenvalue weighted by atomic mass is 10.0. The van der Waals surface area contributed by atoms with Gasteiger partial charge in [0.1, 0.15) is 0 Å². The van der Waals surface area contributed by atoms with Gasteiger partial charge in [0.25, 0.3) is 0 Å². The highest BCUT2D eigenvalue weighted by Crippen LogP contribution is 2.30. The van der Waals surface area contributed by atoms with Crippen LogP contribution in [-0.4, -0.2) is 19.1 Å². The molecule has 3 aromatic rings. The van der Waals surface area contributed by atoms with E-state index in [-0.39, 0.29) is 0 Å². The molecular weight excluding hydrogens is 208 g/mol. The minimum Gasteiger partial charge on any atom is -0.377 e. The highest BCUT2D eigenvalue weighted by atomic mass is 15.1. The van der Waals surface area contributed by atoms with Gasteiger partial charge in [-0.3, -0.25) is 4.98 Å². The number of anilines is 1. The predicted molar refractivity (Wildman–Crippen MR) is 73.6 cm³/mol. The minimum absolute atomic E-state index is 1.05. The molecule has 0 atom stereocenters. The van der Waals surface area contributed by atoms with E-state index in [1.807, 2.05) is 12.3 Å². The molecule has 17 heavy (non-hydrogen) atoms. The first kappa shape index (κ1) is 10.1. The average molecular weight is 222 g/mol. The molecule has 0 radical (unpaired) electrons. The van der Waals surface area contributed by atoms with Crippen LogP contribution < -0.4 is 4.90 Å². The molecule has 2 nitrogen and oxygen atoms in total. The topological polar surface area (TPSA) is 16.1 Å². The molecule has 0 saturated heterocycles. The van der Waals surface area contributed by atoms with Crippen molar-refractivity contribution in [3.8, 4) is 0 Å². The Labute approximate surface area is 101 Å². The number of benzene rings is 2. The van der Waals surface area contributed by atoms with Crippen LogP contribution in [0.5, 0.6) is 0 Å². The Kier molecular flexibility index (Phi) is 2.22. The number of fused-ring (bicyclic) bond motifs is 3. The molecule has 0 unspecified atom stereocenters. The van der Waals surface area contributed by atoms with E-state index in [2.05, 4.69) is 60.4 Å². The highest BCUT2D eigenvalue weighted by Gasteiger charge is 2.07. The van der Waals surface area contributed by atoms with Gasteiger partial charge in [0.15, 0.2) is 0 Å². The lowest BCUT2D eigenvalue weighted by molar-refractivity contribution is 1.14. The van der Waals surface area contributed by atoms with E-state index < -0.39 is 0 Å². The molecule has 3 rings (SSSR count). The maximum absolute atomic E-state index is 4.53. The summed E-state index contributed by atoms with van der Waals surface area (Å²) in [5.41, 5.74) is 2.27. The van der Waals surface area contributed by atoms with E-state index in [4.69, 9.17) is 0 Å². The first-order valence-electron chi connectivity index (χ1n) is 5.71. The summed E-state index contributed by atoms with van der Waals surface area (Å²) in [5, 5.41) is 3.69. The highest BCUT2D eigenvalue weighted by molar-refractivity contribution is 6.11. The van der Waals surface area contributed by atoms with Crippen molar-refractivity contribution in [2.75, 3.05) is 19.0 Å². The summed E-state index contributed by atoms with van der Waals surface area (Å²) in [6.07, 6.45) is 1.94. The average Bonchev–Trinajstić information content (AvgIpc) is 2.37. The van der Waals surface area contributed by atoms with Crippen molar-refractivity contribution in [3.63, 3.8) is 0 Å². The summed E-state index contributed by atoms with van der Waals surface area (Å²) < 4.78 is 0. The molecule has 2 heteroatoms. The first-order chi connectivity index (χ1) is 8.27. The smallest absolute Gasteiger partial charge is 0.0729 e. The van der Waals surface area contributed by atoms with E-state index in [1.54, 1.807) is 0 Å². The van der Waals surface area contributed by atoms with Gasteiger partial charge in [0.2, 0.25) is 0 Å². The monoisotopic (exact) mass is 222 g/mol. The van der Waals surface area contributed by atoms with E-state index in [0.29, 0.717) is 0 Å². The predicted octanol–water partition coefficient (Wildman–Crippen LogP) is 3.45. The minimum atomic E-state index is 1.05. The van der Waals surface area contributed by atoms with Crippen LogP contribution in [0.1, 0.15) is 0 Å². The Balaban J connectivity index is 2.54. The Morgan fingerprint density at radius 3 is 2.59 bits per heavy atom. The Morgan fingerprint density at radius 1 is 0.941 bits per heavy atom. The van der Waals surface area contributed by atoms with E-state index in [9.17, 15) is 0 Å². The van der Waals surface area contributed by atoms with Crippen LogP contribution in [0.2, 0.25) is 0 Å². The van der Waals surface area contributed by atoms with Crippen LogP contribution in [0.3, 0.4) is 0 Å². The third-order valence-electron chi connectivity index (χ3n) is 3.08. The normalized spacial score (nSPS) is 10.9. The second-order valence-corrected chi connectivity index (χ2v) is 4.41. The van der Waals surface area contributed by atoms with Crippen LogP contribution in [-0.2, 0) is 0 Å². The lowest BCUT2D eigenvalue weighted by Gasteiger charge is -2.16. The second-order valence-electron chi connectivity index (χ2n) is 4.41. The summed E-state index contributed by atoms with van der Waals surface area (Å²) in [7, 11) is 4.13. The zero-order valence-corrected chi connectivity index (χ0v) is 10.0. The fourth-order valence-corrected chi connectivity index (χ4v) is 2.26. The maximum atomic E-state index is 4.53. The molecule has 1 heterocycles. The summed E-state index contributed by atoms with van der Waals surface area (Å²) in [6, 6.07) is 14.6. The van der Waals surface area contributed by atoms with Gasteiger partial charge >= 0.3 is 0 Å². The first-order valence-corrected chi connectivity index (χ1v) is 5.71. The largest absolute Gasteiger partial charge is 0.377 e. The Morgan fingerprint density at radius 2 is 1.76 bits per heavy atom. The van der Waals surface area contributed by atoms with Crippen LogP contribution in [0.25, 0.3) is 21.7 Å². The summed E-state index contributed by atoms with van der Waals surface area (Å²) in [5.74, 6) is 0. The summed E-state index contributed by atoms with van der Waals surface area (Å²) >= 11 is 0. The summed E-state index contributed by atoms with van der Waals surface area (Å²) in [4.78, 5) is 6.66. The van der Waals surface area contributed by atoms with Crippen LogP contribution in [0, 0.1) is 0 Å². The zero-order valence-electron chi connectivity index (χ0n) is 10.0. The molecule has 0 spiro atoms. The van der Waals surface area contributed by atoms with Gasteiger partial charge in [-0.15, -0.1) is 0 Å². The van der Waals surface area contributed by atoms with Crippen molar-refractivity contribution >= 4 is 27.4 Å². The maximum Gasteiger partial charge on any atom is 0.0729 e. The zero-order chi connectivity index (χ0) is 11.8. The van der Waals surface area contributed by atoms with Crippen molar-refractivity contribution in [2.45, 2.75) is 0 Å². The molecule has 0 amide bonds. The number of pyridine rings is 1. The molecule has 0 aliphatic rings. The SMILES string of the molecule is CN(C)c1cccc2ncc3ccccc3c12. The molecule has 2 aromatic carbocycles. The fraction of sp³-hybridized carbons (Fsp3) is 0.133. The third kappa shape index (κ3) is 1.53. The van der Waals surface area contributed by atoms with E-state index in [1.165, 1.54) is 21.8 Å². The van der Waals surface area contributed by atoms with Crippen molar-refractivity contribution in [1.29, 1.82) is 0 Å². The molecule has 0 saturated carbocycles. The standard InChI is InChI=1S/C15H14N2/c1-17(2)14-9-5-8-13-15(14)12-7-4-3-6-11(12)10-16-13/h3-10H,1-2H3. The van der Waals surface area contributed by atoms with Gasteiger partial charge in [-0.2, -0.15) is 0 Å². The Hall–Kier alpha value is -2.09. The van der Waals surface area contributed by atoms with Gasteiger partial charge in [-0.05, 0) is 17.5 Å². The Bertz CT molecular complexity index is 687. The van der Waals surface area contributed by atoms with Gasteiger partial charge in [-0.25, -0.2) is 0 Å². The molecule has 0 aliphatic carbocycles. The van der Waals surface area contributed by atoms with Crippen LogP contribution >= 0.6 is 0 Å². The second kappa shape index (κ2) is 3.74. The number of nitrogens with zero attached hydrogens (tertiary/aromatic N) is 2. The number of aromatic nitrogens is 1. The number of rotatable bonds is 1. The van der Waals surface area contributed by atoms with Gasteiger partial charge in [0.05, 0.1) is 5.52 Å². The van der Waals surface area contributed by atoms with Gasteiger partial charge in [-0.1, -0.05) is 30.3 Å². The van der Waals surface area contributed by atoms with Crippen molar-refractivity contribution in [3.05, 3.63) is 48.7 Å². The van der Waals surface area contributed by atoms with E-state index >= 15 is 0 Å². The third-order valence-corrected chi connectivity index (χ3v) is 3.08. The fourth-order valence-electron chi connectivity index (χ4n) is 2.26. The lowest BCUT2D eigenvalue weighted by Crippen LogP contribution is -2.09. The molecule has 0 N–H and O–H groups in total.